The van der Waals surface area contributed by atoms with Crippen molar-refractivity contribution in [2.75, 3.05) is 5.75 Å². The Bertz CT molecular complexity index is 196. The van der Waals surface area contributed by atoms with Crippen LogP contribution in [0.15, 0.2) is 12.3 Å². The summed E-state index contributed by atoms with van der Waals surface area (Å²) in [6.45, 7) is 5.31. The van der Waals surface area contributed by atoms with Gasteiger partial charge in [0.15, 0.2) is 5.17 Å². The van der Waals surface area contributed by atoms with Crippen molar-refractivity contribution in [3.63, 3.8) is 0 Å². The van der Waals surface area contributed by atoms with Crippen molar-refractivity contribution < 1.29 is 4.79 Å². The van der Waals surface area contributed by atoms with Gasteiger partial charge in [0.1, 0.15) is 0 Å². The molecule has 3 nitrogen and oxygen atoms in total. The lowest BCUT2D eigenvalue weighted by Gasteiger charge is -2.12. The SMILES string of the molecule is C=C(C)N1C(=N)SCC1=O. The van der Waals surface area contributed by atoms with E-state index < -0.39 is 0 Å². The summed E-state index contributed by atoms with van der Waals surface area (Å²) in [7, 11) is 0. The molecule has 54 valence electrons. The zero-order valence-corrected chi connectivity index (χ0v) is 6.49. The number of nitrogens with zero attached hydrogens (tertiary/aromatic N) is 1. The van der Waals surface area contributed by atoms with Crippen molar-refractivity contribution >= 4 is 22.8 Å². The molecule has 1 aliphatic rings. The lowest BCUT2D eigenvalue weighted by atomic mass is 10.4. The lowest BCUT2D eigenvalue weighted by molar-refractivity contribution is -0.122. The maximum atomic E-state index is 10.9. The van der Waals surface area contributed by atoms with Crippen molar-refractivity contribution in [1.82, 2.24) is 4.90 Å². The van der Waals surface area contributed by atoms with Gasteiger partial charge in [-0.05, 0) is 6.92 Å². The fourth-order valence-corrected chi connectivity index (χ4v) is 1.53. The van der Waals surface area contributed by atoms with Crippen molar-refractivity contribution in [3.8, 4) is 0 Å². The summed E-state index contributed by atoms with van der Waals surface area (Å²) in [5, 5.41) is 7.56. The minimum absolute atomic E-state index is 0.0394. The van der Waals surface area contributed by atoms with Gasteiger partial charge in [-0.15, -0.1) is 0 Å². The lowest BCUT2D eigenvalue weighted by Crippen LogP contribution is -2.26. The van der Waals surface area contributed by atoms with Crippen LogP contribution in [0.4, 0.5) is 0 Å². The second-order valence-electron chi connectivity index (χ2n) is 2.06. The minimum Gasteiger partial charge on any atom is -0.278 e. The number of allylic oxidation sites excluding steroid dienone is 1. The van der Waals surface area contributed by atoms with E-state index in [1.54, 1.807) is 6.92 Å². The molecule has 1 amide bonds. The van der Waals surface area contributed by atoms with Crippen LogP contribution in [0, 0.1) is 5.41 Å². The molecular formula is C6H8N2OS. The first-order valence-electron chi connectivity index (χ1n) is 2.82. The first-order chi connectivity index (χ1) is 4.63. The molecule has 0 aromatic rings. The van der Waals surface area contributed by atoms with Gasteiger partial charge in [-0.1, -0.05) is 18.3 Å². The maximum absolute atomic E-state index is 10.9. The summed E-state index contributed by atoms with van der Waals surface area (Å²) in [5.74, 6) is 0.341. The molecule has 1 aliphatic heterocycles. The van der Waals surface area contributed by atoms with Gasteiger partial charge in [-0.3, -0.25) is 15.1 Å². The molecular weight excluding hydrogens is 148 g/mol. The van der Waals surface area contributed by atoms with E-state index in [0.29, 0.717) is 11.4 Å². The van der Waals surface area contributed by atoms with Crippen LogP contribution in [-0.2, 0) is 4.79 Å². The molecule has 4 heteroatoms. The largest absolute Gasteiger partial charge is 0.278 e. The van der Waals surface area contributed by atoms with Gasteiger partial charge in [-0.2, -0.15) is 0 Å². The quantitative estimate of drug-likeness (QED) is 0.616. The predicted molar refractivity (Wildman–Crippen MR) is 41.8 cm³/mol. The Kier molecular flexibility index (Phi) is 1.80. The van der Waals surface area contributed by atoms with E-state index in [4.69, 9.17) is 5.41 Å². The molecule has 0 atom stereocenters. The van der Waals surface area contributed by atoms with Gasteiger partial charge in [0.05, 0.1) is 5.75 Å². The monoisotopic (exact) mass is 156 g/mol. The number of hydrogen-bond acceptors (Lipinski definition) is 3. The third kappa shape index (κ3) is 1.07. The van der Waals surface area contributed by atoms with Crippen molar-refractivity contribution in [3.05, 3.63) is 12.3 Å². The van der Waals surface area contributed by atoms with E-state index in [9.17, 15) is 4.79 Å². The van der Waals surface area contributed by atoms with Crippen molar-refractivity contribution in [2.24, 2.45) is 0 Å². The second kappa shape index (κ2) is 2.46. The Morgan fingerprint density at radius 2 is 2.50 bits per heavy atom. The molecule has 1 N–H and O–H groups in total. The van der Waals surface area contributed by atoms with E-state index in [0.717, 1.165) is 0 Å². The Morgan fingerprint density at radius 3 is 2.70 bits per heavy atom. The van der Waals surface area contributed by atoms with Crippen LogP contribution in [0.2, 0.25) is 0 Å². The zero-order valence-electron chi connectivity index (χ0n) is 5.68. The molecule has 0 spiro atoms. The Morgan fingerprint density at radius 1 is 1.90 bits per heavy atom. The van der Waals surface area contributed by atoms with Gasteiger partial charge < -0.3 is 0 Å². The van der Waals surface area contributed by atoms with Crippen LogP contribution >= 0.6 is 11.8 Å². The highest BCUT2D eigenvalue weighted by Gasteiger charge is 2.26. The average molecular weight is 156 g/mol. The zero-order chi connectivity index (χ0) is 7.72. The van der Waals surface area contributed by atoms with Gasteiger partial charge in [0.25, 0.3) is 0 Å². The molecule has 1 saturated heterocycles. The number of hydrogen-bond donors (Lipinski definition) is 1. The van der Waals surface area contributed by atoms with E-state index in [-0.39, 0.29) is 11.1 Å². The number of nitrogens with one attached hydrogen (secondary N) is 1. The van der Waals surface area contributed by atoms with Crippen molar-refractivity contribution in [2.45, 2.75) is 6.92 Å². The number of amidine groups is 1. The number of carbonyl (C=O) groups excluding carboxylic acids is 1. The standard InChI is InChI=1S/C6H8N2OS/c1-4(2)8-5(9)3-10-6(8)7/h7H,1,3H2,2H3. The third-order valence-corrected chi connectivity index (χ3v) is 2.01. The summed E-state index contributed by atoms with van der Waals surface area (Å²) in [6, 6.07) is 0. The summed E-state index contributed by atoms with van der Waals surface area (Å²) in [5.41, 5.74) is 0.625. The number of rotatable bonds is 1. The van der Waals surface area contributed by atoms with Crippen molar-refractivity contribution in [1.29, 1.82) is 5.41 Å². The molecule has 0 aromatic heterocycles. The fourth-order valence-electron chi connectivity index (χ4n) is 0.759. The average Bonchev–Trinajstić information content (AvgIpc) is 2.11. The van der Waals surface area contributed by atoms with Crippen LogP contribution in [0.3, 0.4) is 0 Å². The van der Waals surface area contributed by atoms with Gasteiger partial charge in [0, 0.05) is 5.70 Å². The summed E-state index contributed by atoms with van der Waals surface area (Å²) in [4.78, 5) is 12.3. The first-order valence-corrected chi connectivity index (χ1v) is 3.81. The van der Waals surface area contributed by atoms with Crippen LogP contribution in [0.5, 0.6) is 0 Å². The molecule has 0 unspecified atom stereocenters. The maximum Gasteiger partial charge on any atom is 0.243 e. The van der Waals surface area contributed by atoms with E-state index in [1.165, 1.54) is 16.7 Å². The predicted octanol–water partition coefficient (Wildman–Crippen LogP) is 1.03. The topological polar surface area (TPSA) is 44.2 Å². The molecule has 0 saturated carbocycles. The molecule has 0 radical (unpaired) electrons. The molecule has 0 aromatic carbocycles. The third-order valence-electron chi connectivity index (χ3n) is 1.17. The molecule has 0 bridgehead atoms. The van der Waals surface area contributed by atoms with E-state index in [2.05, 4.69) is 6.58 Å². The number of thioether (sulfide) groups is 1. The summed E-state index contributed by atoms with van der Waals surface area (Å²) in [6.07, 6.45) is 0. The second-order valence-corrected chi connectivity index (χ2v) is 3.02. The summed E-state index contributed by atoms with van der Waals surface area (Å²) >= 11 is 1.24. The van der Waals surface area contributed by atoms with Crippen LogP contribution < -0.4 is 0 Å². The Labute approximate surface area is 63.6 Å². The number of carbonyl (C=O) groups is 1. The Hall–Kier alpha value is -0.770. The Balaban J connectivity index is 2.82. The molecule has 10 heavy (non-hydrogen) atoms. The highest BCUT2D eigenvalue weighted by molar-refractivity contribution is 8.14. The van der Waals surface area contributed by atoms with Crippen LogP contribution in [0.25, 0.3) is 0 Å². The molecule has 1 rings (SSSR count). The van der Waals surface area contributed by atoms with Crippen LogP contribution in [0.1, 0.15) is 6.92 Å². The molecule has 0 aliphatic carbocycles. The van der Waals surface area contributed by atoms with Gasteiger partial charge in [-0.25, -0.2) is 0 Å². The molecule has 1 fully saturated rings. The smallest absolute Gasteiger partial charge is 0.243 e. The van der Waals surface area contributed by atoms with Crippen LogP contribution in [-0.4, -0.2) is 21.7 Å². The van der Waals surface area contributed by atoms with Gasteiger partial charge in [0.2, 0.25) is 5.91 Å². The molecule has 1 heterocycles. The van der Waals surface area contributed by atoms with E-state index >= 15 is 0 Å². The fraction of sp³-hybridized carbons (Fsp3) is 0.333. The minimum atomic E-state index is -0.0394. The van der Waals surface area contributed by atoms with Gasteiger partial charge >= 0.3 is 0 Å². The normalized spacial score (nSPS) is 18.3. The van der Waals surface area contributed by atoms with E-state index in [1.807, 2.05) is 0 Å². The summed E-state index contributed by atoms with van der Waals surface area (Å²) < 4.78 is 0. The first kappa shape index (κ1) is 7.34. The number of amides is 1. The highest BCUT2D eigenvalue weighted by Crippen LogP contribution is 2.20. The highest BCUT2D eigenvalue weighted by atomic mass is 32.2.